The first kappa shape index (κ1) is 13.1. The van der Waals surface area contributed by atoms with Gasteiger partial charge < -0.3 is 9.88 Å². The molecule has 0 aliphatic heterocycles. The molecule has 0 aliphatic rings. The summed E-state index contributed by atoms with van der Waals surface area (Å²) in [5.41, 5.74) is 1.70. The summed E-state index contributed by atoms with van der Waals surface area (Å²) in [5, 5.41) is 3.23. The van der Waals surface area contributed by atoms with Crippen molar-refractivity contribution in [3.8, 4) is 0 Å². The van der Waals surface area contributed by atoms with Gasteiger partial charge in [0.15, 0.2) is 0 Å². The number of nitrogens with one attached hydrogen (secondary N) is 1. The van der Waals surface area contributed by atoms with Gasteiger partial charge in [0.25, 0.3) is 0 Å². The van der Waals surface area contributed by atoms with Gasteiger partial charge in [-0.2, -0.15) is 0 Å². The molecule has 2 rings (SSSR count). The molecule has 0 radical (unpaired) electrons. The van der Waals surface area contributed by atoms with Crippen molar-refractivity contribution < 1.29 is 4.39 Å². The van der Waals surface area contributed by atoms with E-state index in [1.165, 1.54) is 6.07 Å². The fraction of sp³-hybridized carbons (Fsp3) is 0.308. The van der Waals surface area contributed by atoms with Gasteiger partial charge >= 0.3 is 0 Å². The van der Waals surface area contributed by atoms with Gasteiger partial charge in [-0.1, -0.05) is 6.92 Å². The Bertz CT molecular complexity index is 551. The number of halogens is 2. The third-order valence-corrected chi connectivity index (χ3v) is 3.30. The van der Waals surface area contributed by atoms with Gasteiger partial charge in [0.05, 0.1) is 4.47 Å². The number of anilines is 2. The van der Waals surface area contributed by atoms with Crippen LogP contribution >= 0.6 is 15.9 Å². The highest BCUT2D eigenvalue weighted by atomic mass is 79.9. The molecule has 0 fully saturated rings. The lowest BCUT2D eigenvalue weighted by atomic mass is 10.2. The van der Waals surface area contributed by atoms with Crippen LogP contribution in [0, 0.1) is 12.7 Å². The van der Waals surface area contributed by atoms with Crippen molar-refractivity contribution in [2.75, 3.05) is 5.32 Å². The normalized spacial score (nSPS) is 10.7. The highest BCUT2D eigenvalue weighted by molar-refractivity contribution is 9.10. The predicted molar refractivity (Wildman–Crippen MR) is 74.6 cm³/mol. The molecule has 0 bridgehead atoms. The van der Waals surface area contributed by atoms with E-state index in [1.54, 1.807) is 12.3 Å². The number of hydrogen-bond donors (Lipinski definition) is 1. The summed E-state index contributed by atoms with van der Waals surface area (Å²) in [4.78, 5) is 4.27. The molecule has 5 heteroatoms. The van der Waals surface area contributed by atoms with Crippen LogP contribution in [0.1, 0.15) is 18.9 Å². The standard InChI is InChI=1S/C13H15BrFN3/c1-3-5-18-6-4-16-13(18)17-12-8-10(14)11(15)7-9(12)2/h4,6-8H,3,5H2,1-2H3,(H,16,17). The molecule has 3 nitrogen and oxygen atoms in total. The third-order valence-electron chi connectivity index (χ3n) is 2.69. The zero-order valence-electron chi connectivity index (χ0n) is 10.4. The first-order chi connectivity index (χ1) is 8.61. The van der Waals surface area contributed by atoms with Crippen LogP contribution in [0.2, 0.25) is 0 Å². The van der Waals surface area contributed by atoms with Crippen molar-refractivity contribution in [3.63, 3.8) is 0 Å². The summed E-state index contributed by atoms with van der Waals surface area (Å²) >= 11 is 3.19. The molecule has 18 heavy (non-hydrogen) atoms. The molecule has 0 saturated carbocycles. The van der Waals surface area contributed by atoms with Gasteiger partial charge in [-0.15, -0.1) is 0 Å². The number of hydrogen-bond acceptors (Lipinski definition) is 2. The van der Waals surface area contributed by atoms with E-state index in [4.69, 9.17) is 0 Å². The number of benzene rings is 1. The summed E-state index contributed by atoms with van der Waals surface area (Å²) in [6.45, 7) is 4.89. The fourth-order valence-electron chi connectivity index (χ4n) is 1.76. The summed E-state index contributed by atoms with van der Waals surface area (Å²) in [7, 11) is 0. The molecule has 0 atom stereocenters. The van der Waals surface area contributed by atoms with Crippen LogP contribution in [-0.4, -0.2) is 9.55 Å². The van der Waals surface area contributed by atoms with E-state index in [1.807, 2.05) is 17.7 Å². The Morgan fingerprint density at radius 1 is 1.44 bits per heavy atom. The second kappa shape index (κ2) is 5.52. The number of imidazole rings is 1. The molecule has 0 saturated heterocycles. The maximum atomic E-state index is 13.3. The smallest absolute Gasteiger partial charge is 0.207 e. The highest BCUT2D eigenvalue weighted by Gasteiger charge is 2.08. The average molecular weight is 312 g/mol. The minimum absolute atomic E-state index is 0.255. The Balaban J connectivity index is 2.28. The molecule has 1 aromatic heterocycles. The van der Waals surface area contributed by atoms with E-state index in [2.05, 4.69) is 33.2 Å². The first-order valence-corrected chi connectivity index (χ1v) is 6.65. The molecule has 0 spiro atoms. The summed E-state index contributed by atoms with van der Waals surface area (Å²) in [5.74, 6) is 0.522. The predicted octanol–water partition coefficient (Wildman–Crippen LogP) is 4.25. The van der Waals surface area contributed by atoms with Gasteiger partial charge in [0.2, 0.25) is 5.95 Å². The fourth-order valence-corrected chi connectivity index (χ4v) is 2.10. The van der Waals surface area contributed by atoms with Crippen molar-refractivity contribution in [2.24, 2.45) is 0 Å². The summed E-state index contributed by atoms with van der Waals surface area (Å²) in [6, 6.07) is 3.23. The van der Waals surface area contributed by atoms with E-state index < -0.39 is 0 Å². The molecule has 1 aromatic carbocycles. The van der Waals surface area contributed by atoms with E-state index in [9.17, 15) is 4.39 Å². The Labute approximate surface area is 114 Å². The van der Waals surface area contributed by atoms with Crippen LogP contribution < -0.4 is 5.32 Å². The lowest BCUT2D eigenvalue weighted by molar-refractivity contribution is 0.620. The van der Waals surface area contributed by atoms with Crippen LogP contribution in [0.15, 0.2) is 29.0 Å². The van der Waals surface area contributed by atoms with Crippen LogP contribution in [0.4, 0.5) is 16.0 Å². The van der Waals surface area contributed by atoms with Crippen LogP contribution in [0.5, 0.6) is 0 Å². The lowest BCUT2D eigenvalue weighted by Crippen LogP contribution is -2.04. The van der Waals surface area contributed by atoms with E-state index in [0.717, 1.165) is 30.2 Å². The van der Waals surface area contributed by atoms with Crippen molar-refractivity contribution in [1.82, 2.24) is 9.55 Å². The topological polar surface area (TPSA) is 29.9 Å². The molecule has 1 N–H and O–H groups in total. The number of aryl methyl sites for hydroxylation is 2. The van der Waals surface area contributed by atoms with E-state index >= 15 is 0 Å². The number of nitrogens with zero attached hydrogens (tertiary/aromatic N) is 2. The Morgan fingerprint density at radius 2 is 2.22 bits per heavy atom. The molecular formula is C13H15BrFN3. The monoisotopic (exact) mass is 311 g/mol. The molecule has 1 heterocycles. The van der Waals surface area contributed by atoms with Crippen LogP contribution in [-0.2, 0) is 6.54 Å². The van der Waals surface area contributed by atoms with Crippen molar-refractivity contribution in [3.05, 3.63) is 40.4 Å². The van der Waals surface area contributed by atoms with E-state index in [-0.39, 0.29) is 5.82 Å². The first-order valence-electron chi connectivity index (χ1n) is 5.85. The molecule has 0 amide bonds. The third kappa shape index (κ3) is 2.72. The lowest BCUT2D eigenvalue weighted by Gasteiger charge is -2.12. The Hall–Kier alpha value is -1.36. The Kier molecular flexibility index (Phi) is 4.01. The van der Waals surface area contributed by atoms with Crippen LogP contribution in [0.3, 0.4) is 0 Å². The minimum atomic E-state index is -0.255. The molecule has 2 aromatic rings. The Morgan fingerprint density at radius 3 is 2.94 bits per heavy atom. The quantitative estimate of drug-likeness (QED) is 0.915. The number of rotatable bonds is 4. The zero-order chi connectivity index (χ0) is 13.1. The second-order valence-electron chi connectivity index (χ2n) is 4.15. The largest absolute Gasteiger partial charge is 0.325 e. The SMILES string of the molecule is CCCn1ccnc1Nc1cc(Br)c(F)cc1C. The van der Waals surface area contributed by atoms with Gasteiger partial charge in [-0.05, 0) is 47.0 Å². The molecule has 96 valence electrons. The molecular weight excluding hydrogens is 297 g/mol. The van der Waals surface area contributed by atoms with Crippen molar-refractivity contribution >= 4 is 27.6 Å². The molecule has 0 aliphatic carbocycles. The summed E-state index contributed by atoms with van der Waals surface area (Å²) in [6.07, 6.45) is 4.72. The zero-order valence-corrected chi connectivity index (χ0v) is 12.0. The van der Waals surface area contributed by atoms with Gasteiger partial charge in [0, 0.05) is 24.6 Å². The number of aromatic nitrogens is 2. The van der Waals surface area contributed by atoms with Gasteiger partial charge in [-0.25, -0.2) is 9.37 Å². The maximum Gasteiger partial charge on any atom is 0.207 e. The minimum Gasteiger partial charge on any atom is -0.325 e. The van der Waals surface area contributed by atoms with Crippen LogP contribution in [0.25, 0.3) is 0 Å². The average Bonchev–Trinajstić information content (AvgIpc) is 2.74. The highest BCUT2D eigenvalue weighted by Crippen LogP contribution is 2.26. The molecule has 0 unspecified atom stereocenters. The summed E-state index contributed by atoms with van der Waals surface area (Å²) < 4.78 is 15.8. The second-order valence-corrected chi connectivity index (χ2v) is 5.00. The van der Waals surface area contributed by atoms with Crippen molar-refractivity contribution in [2.45, 2.75) is 26.8 Å². The van der Waals surface area contributed by atoms with Gasteiger partial charge in [-0.3, -0.25) is 0 Å². The van der Waals surface area contributed by atoms with Crippen molar-refractivity contribution in [1.29, 1.82) is 0 Å². The maximum absolute atomic E-state index is 13.3. The van der Waals surface area contributed by atoms with Gasteiger partial charge in [0.1, 0.15) is 5.82 Å². The van der Waals surface area contributed by atoms with E-state index in [0.29, 0.717) is 4.47 Å².